The van der Waals surface area contributed by atoms with Crippen molar-refractivity contribution in [2.45, 2.75) is 27.2 Å². The third-order valence-electron chi connectivity index (χ3n) is 1.97. The van der Waals surface area contributed by atoms with Crippen LogP contribution >= 0.6 is 0 Å². The standard InChI is InChI=1S/C11H21NO4/c1-4-12(7-11(14)15)10(13)5-6-16-8-9(2)3/h9H,4-8H2,1-3H3,(H,14,15). The number of hydrogen-bond acceptors (Lipinski definition) is 3. The molecule has 0 fully saturated rings. The van der Waals surface area contributed by atoms with Crippen molar-refractivity contribution in [3.05, 3.63) is 0 Å². The lowest BCUT2D eigenvalue weighted by molar-refractivity contribution is -0.144. The fourth-order valence-electron chi connectivity index (χ4n) is 1.18. The van der Waals surface area contributed by atoms with E-state index in [1.54, 1.807) is 6.92 Å². The van der Waals surface area contributed by atoms with E-state index in [0.29, 0.717) is 25.7 Å². The molecule has 0 aromatic rings. The van der Waals surface area contributed by atoms with Crippen molar-refractivity contribution in [2.24, 2.45) is 5.92 Å². The van der Waals surface area contributed by atoms with E-state index in [0.717, 1.165) is 0 Å². The van der Waals surface area contributed by atoms with Gasteiger partial charge < -0.3 is 14.7 Å². The molecule has 0 atom stereocenters. The lowest BCUT2D eigenvalue weighted by Crippen LogP contribution is -2.35. The SMILES string of the molecule is CCN(CC(=O)O)C(=O)CCOCC(C)C. The summed E-state index contributed by atoms with van der Waals surface area (Å²) in [6.07, 6.45) is 0.244. The largest absolute Gasteiger partial charge is 0.480 e. The molecular formula is C11H21NO4. The fraction of sp³-hybridized carbons (Fsp3) is 0.818. The third-order valence-corrected chi connectivity index (χ3v) is 1.97. The van der Waals surface area contributed by atoms with Crippen molar-refractivity contribution in [3.8, 4) is 0 Å². The van der Waals surface area contributed by atoms with Gasteiger partial charge in [0.25, 0.3) is 0 Å². The Kier molecular flexibility index (Phi) is 7.54. The van der Waals surface area contributed by atoms with E-state index in [1.165, 1.54) is 4.90 Å². The van der Waals surface area contributed by atoms with E-state index < -0.39 is 5.97 Å². The highest BCUT2D eigenvalue weighted by atomic mass is 16.5. The van der Waals surface area contributed by atoms with E-state index >= 15 is 0 Å². The van der Waals surface area contributed by atoms with Crippen LogP contribution in [0.3, 0.4) is 0 Å². The Morgan fingerprint density at radius 2 is 2.00 bits per heavy atom. The molecule has 0 aromatic heterocycles. The van der Waals surface area contributed by atoms with Gasteiger partial charge in [0.1, 0.15) is 6.54 Å². The molecule has 0 unspecified atom stereocenters. The molecule has 0 heterocycles. The third kappa shape index (κ3) is 7.23. The number of rotatable bonds is 8. The van der Waals surface area contributed by atoms with Gasteiger partial charge in [-0.2, -0.15) is 0 Å². The van der Waals surface area contributed by atoms with E-state index in [2.05, 4.69) is 0 Å². The van der Waals surface area contributed by atoms with E-state index in [1.807, 2.05) is 13.8 Å². The molecule has 5 nitrogen and oxygen atoms in total. The number of hydrogen-bond donors (Lipinski definition) is 1. The molecule has 1 amide bonds. The molecule has 0 aromatic carbocycles. The number of carbonyl (C=O) groups excluding carboxylic acids is 1. The first kappa shape index (κ1) is 14.9. The number of likely N-dealkylation sites (N-methyl/N-ethyl adjacent to an activating group) is 1. The van der Waals surface area contributed by atoms with Crippen molar-refractivity contribution in [2.75, 3.05) is 26.3 Å². The summed E-state index contributed by atoms with van der Waals surface area (Å²) in [6, 6.07) is 0. The van der Waals surface area contributed by atoms with Crippen molar-refractivity contribution in [1.29, 1.82) is 0 Å². The van der Waals surface area contributed by atoms with Crippen molar-refractivity contribution in [3.63, 3.8) is 0 Å². The van der Waals surface area contributed by atoms with Gasteiger partial charge in [-0.3, -0.25) is 9.59 Å². The Morgan fingerprint density at radius 1 is 1.38 bits per heavy atom. The monoisotopic (exact) mass is 231 g/mol. The highest BCUT2D eigenvalue weighted by Gasteiger charge is 2.14. The molecule has 1 N–H and O–H groups in total. The molecule has 16 heavy (non-hydrogen) atoms. The van der Waals surface area contributed by atoms with Crippen LogP contribution in [-0.4, -0.2) is 48.2 Å². The Bertz CT molecular complexity index is 228. The van der Waals surface area contributed by atoms with Gasteiger partial charge in [-0.05, 0) is 12.8 Å². The molecule has 0 aliphatic rings. The summed E-state index contributed by atoms with van der Waals surface area (Å²) in [7, 11) is 0. The van der Waals surface area contributed by atoms with Gasteiger partial charge in [0.05, 0.1) is 13.0 Å². The van der Waals surface area contributed by atoms with Crippen LogP contribution in [0, 0.1) is 5.92 Å². The number of ether oxygens (including phenoxy) is 1. The molecule has 0 bridgehead atoms. The second-order valence-corrected chi connectivity index (χ2v) is 4.02. The van der Waals surface area contributed by atoms with E-state index in [-0.39, 0.29) is 18.9 Å². The highest BCUT2D eigenvalue weighted by Crippen LogP contribution is 1.97. The van der Waals surface area contributed by atoms with Crippen LogP contribution < -0.4 is 0 Å². The minimum absolute atomic E-state index is 0.173. The van der Waals surface area contributed by atoms with Crippen molar-refractivity contribution >= 4 is 11.9 Å². The summed E-state index contributed by atoms with van der Waals surface area (Å²) < 4.78 is 5.27. The van der Waals surface area contributed by atoms with Crippen LogP contribution in [0.15, 0.2) is 0 Å². The summed E-state index contributed by atoms with van der Waals surface area (Å²) in [4.78, 5) is 23.3. The predicted molar refractivity (Wildman–Crippen MR) is 60.2 cm³/mol. The zero-order chi connectivity index (χ0) is 12.6. The lowest BCUT2D eigenvalue weighted by atomic mass is 10.2. The Hall–Kier alpha value is -1.10. The average molecular weight is 231 g/mol. The molecule has 0 saturated carbocycles. The zero-order valence-corrected chi connectivity index (χ0v) is 10.2. The van der Waals surface area contributed by atoms with E-state index in [9.17, 15) is 9.59 Å². The zero-order valence-electron chi connectivity index (χ0n) is 10.2. The van der Waals surface area contributed by atoms with Crippen LogP contribution in [0.2, 0.25) is 0 Å². The minimum atomic E-state index is -0.988. The first-order valence-electron chi connectivity index (χ1n) is 5.54. The average Bonchev–Trinajstić information content (AvgIpc) is 2.20. The second kappa shape index (κ2) is 8.10. The molecule has 0 spiro atoms. The lowest BCUT2D eigenvalue weighted by Gasteiger charge is -2.18. The maximum atomic E-state index is 11.5. The Balaban J connectivity index is 3.80. The summed E-state index contributed by atoms with van der Waals surface area (Å²) in [5.41, 5.74) is 0. The predicted octanol–water partition coefficient (Wildman–Crippen LogP) is 0.982. The summed E-state index contributed by atoms with van der Waals surface area (Å²) in [5.74, 6) is -0.719. The number of aliphatic carboxylic acids is 1. The first-order valence-corrected chi connectivity index (χ1v) is 5.54. The van der Waals surface area contributed by atoms with Gasteiger partial charge in [0.2, 0.25) is 5.91 Å². The molecule has 5 heteroatoms. The molecule has 0 saturated heterocycles. The van der Waals surface area contributed by atoms with Gasteiger partial charge in [-0.15, -0.1) is 0 Å². The van der Waals surface area contributed by atoms with Gasteiger partial charge >= 0.3 is 5.97 Å². The van der Waals surface area contributed by atoms with Crippen LogP contribution in [0.4, 0.5) is 0 Å². The number of carbonyl (C=O) groups is 2. The molecule has 0 aliphatic heterocycles. The summed E-state index contributed by atoms with van der Waals surface area (Å²) in [6.45, 7) is 6.98. The van der Waals surface area contributed by atoms with Crippen LogP contribution in [0.1, 0.15) is 27.2 Å². The van der Waals surface area contributed by atoms with Crippen LogP contribution in [0.5, 0.6) is 0 Å². The Morgan fingerprint density at radius 3 is 2.44 bits per heavy atom. The topological polar surface area (TPSA) is 66.8 Å². The van der Waals surface area contributed by atoms with Gasteiger partial charge in [0, 0.05) is 13.2 Å². The number of carboxylic acids is 1. The molecule has 0 aliphatic carbocycles. The maximum Gasteiger partial charge on any atom is 0.323 e. The number of amides is 1. The molecule has 94 valence electrons. The first-order chi connectivity index (χ1) is 7.47. The normalized spacial score (nSPS) is 10.5. The van der Waals surface area contributed by atoms with Gasteiger partial charge in [-0.1, -0.05) is 13.8 Å². The van der Waals surface area contributed by atoms with Crippen LogP contribution in [-0.2, 0) is 14.3 Å². The number of nitrogens with zero attached hydrogens (tertiary/aromatic N) is 1. The van der Waals surface area contributed by atoms with Gasteiger partial charge in [-0.25, -0.2) is 0 Å². The van der Waals surface area contributed by atoms with E-state index in [4.69, 9.17) is 9.84 Å². The number of carboxylic acid groups (broad SMARTS) is 1. The van der Waals surface area contributed by atoms with Gasteiger partial charge in [0.15, 0.2) is 0 Å². The second-order valence-electron chi connectivity index (χ2n) is 4.02. The quantitative estimate of drug-likeness (QED) is 0.632. The summed E-state index contributed by atoms with van der Waals surface area (Å²) >= 11 is 0. The molecular weight excluding hydrogens is 210 g/mol. The Labute approximate surface area is 96.4 Å². The van der Waals surface area contributed by atoms with Crippen LogP contribution in [0.25, 0.3) is 0 Å². The molecule has 0 radical (unpaired) electrons. The highest BCUT2D eigenvalue weighted by molar-refractivity contribution is 5.81. The van der Waals surface area contributed by atoms with Crippen molar-refractivity contribution < 1.29 is 19.4 Å². The smallest absolute Gasteiger partial charge is 0.323 e. The molecule has 0 rings (SSSR count). The summed E-state index contributed by atoms with van der Waals surface area (Å²) in [5, 5.41) is 8.58. The fourth-order valence-corrected chi connectivity index (χ4v) is 1.18. The van der Waals surface area contributed by atoms with Crippen molar-refractivity contribution in [1.82, 2.24) is 4.90 Å². The minimum Gasteiger partial charge on any atom is -0.480 e. The maximum absolute atomic E-state index is 11.5.